The first-order chi connectivity index (χ1) is 9.60. The van der Waals surface area contributed by atoms with E-state index in [-0.39, 0.29) is 5.41 Å². The normalized spacial score (nSPS) is 21.3. The lowest BCUT2D eigenvalue weighted by molar-refractivity contribution is 0.414. The largest absolute Gasteiger partial charge is 0.508 e. The van der Waals surface area contributed by atoms with Gasteiger partial charge in [0.25, 0.3) is 0 Å². The molecule has 104 valence electrons. The molecule has 20 heavy (non-hydrogen) atoms. The van der Waals surface area contributed by atoms with Gasteiger partial charge in [0.15, 0.2) is 0 Å². The number of phenolic OH excluding ortho intramolecular Hbond substituents is 1. The molecule has 1 atom stereocenters. The second kappa shape index (κ2) is 5.06. The van der Waals surface area contributed by atoms with Crippen LogP contribution < -0.4 is 4.74 Å². The third-order valence-corrected chi connectivity index (χ3v) is 5.44. The van der Waals surface area contributed by atoms with Crippen molar-refractivity contribution in [3.63, 3.8) is 0 Å². The Balaban J connectivity index is 1.91. The van der Waals surface area contributed by atoms with Gasteiger partial charge in [-0.2, -0.15) is 0 Å². The van der Waals surface area contributed by atoms with Crippen molar-refractivity contribution in [2.45, 2.75) is 23.7 Å². The molecule has 0 aliphatic carbocycles. The number of hydrogen-bond donors (Lipinski definition) is 1. The molecule has 0 unspecified atom stereocenters. The third-order valence-electron chi connectivity index (χ3n) is 3.96. The Hall–Kier alpha value is -1.61. The minimum Gasteiger partial charge on any atom is -0.508 e. The lowest BCUT2D eigenvalue weighted by Gasteiger charge is -2.35. The number of thioether (sulfide) groups is 1. The molecule has 0 saturated heterocycles. The van der Waals surface area contributed by atoms with E-state index in [9.17, 15) is 5.11 Å². The van der Waals surface area contributed by atoms with Crippen LogP contribution in [0.1, 0.15) is 18.1 Å². The van der Waals surface area contributed by atoms with Crippen LogP contribution in [-0.4, -0.2) is 18.0 Å². The molecule has 1 aliphatic heterocycles. The Labute approximate surface area is 123 Å². The highest BCUT2D eigenvalue weighted by atomic mass is 32.2. The van der Waals surface area contributed by atoms with E-state index in [2.05, 4.69) is 19.1 Å². The quantitative estimate of drug-likeness (QED) is 0.904. The van der Waals surface area contributed by atoms with E-state index >= 15 is 0 Å². The number of ether oxygens (including phenoxy) is 1. The summed E-state index contributed by atoms with van der Waals surface area (Å²) in [6, 6.07) is 14.1. The second-order valence-corrected chi connectivity index (χ2v) is 6.56. The molecule has 1 N–H and O–H groups in total. The molecule has 2 aromatic carbocycles. The van der Waals surface area contributed by atoms with Crippen molar-refractivity contribution in [1.82, 2.24) is 0 Å². The predicted octanol–water partition coefficient (Wildman–Crippen LogP) is 4.01. The zero-order chi connectivity index (χ0) is 14.2. The van der Waals surface area contributed by atoms with Gasteiger partial charge in [-0.1, -0.05) is 25.1 Å². The van der Waals surface area contributed by atoms with Crippen molar-refractivity contribution >= 4 is 11.8 Å². The zero-order valence-electron chi connectivity index (χ0n) is 11.7. The van der Waals surface area contributed by atoms with Crippen LogP contribution in [0.2, 0.25) is 0 Å². The van der Waals surface area contributed by atoms with E-state index in [1.807, 2.05) is 36.0 Å². The molecule has 3 rings (SSSR count). The maximum Gasteiger partial charge on any atom is 0.118 e. The Bertz CT molecular complexity index is 621. The number of methoxy groups -OCH3 is 1. The molecule has 0 fully saturated rings. The minimum absolute atomic E-state index is 0.126. The number of aromatic hydroxyl groups is 1. The highest BCUT2D eigenvalue weighted by Gasteiger charge is 2.32. The van der Waals surface area contributed by atoms with Gasteiger partial charge in [0, 0.05) is 16.1 Å². The van der Waals surface area contributed by atoms with Crippen molar-refractivity contribution in [3.05, 3.63) is 53.6 Å². The number of hydrogen-bond acceptors (Lipinski definition) is 3. The van der Waals surface area contributed by atoms with Crippen LogP contribution >= 0.6 is 11.8 Å². The van der Waals surface area contributed by atoms with Gasteiger partial charge in [-0.3, -0.25) is 0 Å². The van der Waals surface area contributed by atoms with Crippen LogP contribution in [0.25, 0.3) is 0 Å². The van der Waals surface area contributed by atoms with E-state index in [4.69, 9.17) is 4.74 Å². The SMILES string of the molecule is COc1ccc([C@@]2(C)CSc3cc(O)ccc3C2)cc1. The summed E-state index contributed by atoms with van der Waals surface area (Å²) in [6.45, 7) is 2.30. The van der Waals surface area contributed by atoms with Crippen LogP contribution in [0.15, 0.2) is 47.4 Å². The van der Waals surface area contributed by atoms with Gasteiger partial charge in [0.05, 0.1) is 7.11 Å². The van der Waals surface area contributed by atoms with E-state index < -0.39 is 0 Å². The van der Waals surface area contributed by atoms with Crippen molar-refractivity contribution in [2.75, 3.05) is 12.9 Å². The smallest absolute Gasteiger partial charge is 0.118 e. The summed E-state index contributed by atoms with van der Waals surface area (Å²) < 4.78 is 5.23. The van der Waals surface area contributed by atoms with Gasteiger partial charge in [-0.25, -0.2) is 0 Å². The molecule has 0 bridgehead atoms. The number of benzene rings is 2. The number of fused-ring (bicyclic) bond motifs is 1. The molecule has 0 saturated carbocycles. The van der Waals surface area contributed by atoms with Gasteiger partial charge < -0.3 is 9.84 Å². The molecule has 0 amide bonds. The van der Waals surface area contributed by atoms with Crippen molar-refractivity contribution < 1.29 is 9.84 Å². The summed E-state index contributed by atoms with van der Waals surface area (Å²) in [5.74, 6) is 2.27. The Kier molecular flexibility index (Phi) is 3.38. The summed E-state index contributed by atoms with van der Waals surface area (Å²) in [4.78, 5) is 1.20. The highest BCUT2D eigenvalue weighted by molar-refractivity contribution is 7.99. The van der Waals surface area contributed by atoms with Crippen LogP contribution in [0.3, 0.4) is 0 Å². The van der Waals surface area contributed by atoms with Crippen molar-refractivity contribution in [1.29, 1.82) is 0 Å². The van der Waals surface area contributed by atoms with Gasteiger partial charge in [0.1, 0.15) is 11.5 Å². The molecule has 1 heterocycles. The van der Waals surface area contributed by atoms with Crippen LogP contribution in [-0.2, 0) is 11.8 Å². The van der Waals surface area contributed by atoms with E-state index in [0.29, 0.717) is 5.75 Å². The predicted molar refractivity (Wildman–Crippen MR) is 82.9 cm³/mol. The number of phenols is 1. The molecular formula is C17H18O2S. The number of rotatable bonds is 2. The van der Waals surface area contributed by atoms with Crippen LogP contribution in [0.4, 0.5) is 0 Å². The fourth-order valence-electron chi connectivity index (χ4n) is 2.71. The highest BCUT2D eigenvalue weighted by Crippen LogP contribution is 2.43. The fourth-order valence-corrected chi connectivity index (χ4v) is 3.98. The lowest BCUT2D eigenvalue weighted by atomic mass is 9.78. The topological polar surface area (TPSA) is 29.5 Å². The standard InChI is InChI=1S/C17H18O2S/c1-17(13-4-7-15(19-2)8-5-13)10-12-3-6-14(18)9-16(12)20-11-17/h3-9,18H,10-11H2,1-2H3/t17-/m1/s1. The van der Waals surface area contributed by atoms with Gasteiger partial charge in [-0.15, -0.1) is 11.8 Å². The third kappa shape index (κ3) is 2.38. The maximum atomic E-state index is 9.57. The van der Waals surface area contributed by atoms with Gasteiger partial charge in [0.2, 0.25) is 0 Å². The summed E-state index contributed by atoms with van der Waals surface area (Å²) in [5, 5.41) is 9.57. The monoisotopic (exact) mass is 286 g/mol. The molecule has 2 nitrogen and oxygen atoms in total. The average Bonchev–Trinajstić information content (AvgIpc) is 2.48. The molecule has 0 spiro atoms. The summed E-state index contributed by atoms with van der Waals surface area (Å²) >= 11 is 1.82. The van der Waals surface area contributed by atoms with E-state index in [1.165, 1.54) is 16.0 Å². The summed E-state index contributed by atoms with van der Waals surface area (Å²) in [7, 11) is 1.69. The summed E-state index contributed by atoms with van der Waals surface area (Å²) in [6.07, 6.45) is 1.00. The van der Waals surface area contributed by atoms with Gasteiger partial charge >= 0.3 is 0 Å². The molecule has 0 aromatic heterocycles. The van der Waals surface area contributed by atoms with Crippen molar-refractivity contribution in [3.8, 4) is 11.5 Å². The first-order valence-corrected chi connectivity index (χ1v) is 7.68. The van der Waals surface area contributed by atoms with Gasteiger partial charge in [-0.05, 0) is 41.8 Å². The Morgan fingerprint density at radius 3 is 2.60 bits per heavy atom. The maximum absolute atomic E-state index is 9.57. The zero-order valence-corrected chi connectivity index (χ0v) is 12.5. The van der Waals surface area contributed by atoms with Crippen LogP contribution in [0, 0.1) is 0 Å². The molecule has 3 heteroatoms. The minimum atomic E-state index is 0.126. The molecule has 1 aliphatic rings. The average molecular weight is 286 g/mol. The first-order valence-electron chi connectivity index (χ1n) is 6.70. The van der Waals surface area contributed by atoms with E-state index in [0.717, 1.165) is 17.9 Å². The summed E-state index contributed by atoms with van der Waals surface area (Å²) in [5.41, 5.74) is 2.78. The van der Waals surface area contributed by atoms with Crippen molar-refractivity contribution in [2.24, 2.45) is 0 Å². The second-order valence-electron chi connectivity index (χ2n) is 5.55. The molecule has 0 radical (unpaired) electrons. The van der Waals surface area contributed by atoms with E-state index in [1.54, 1.807) is 13.2 Å². The lowest BCUT2D eigenvalue weighted by Crippen LogP contribution is -2.31. The Morgan fingerprint density at radius 1 is 1.15 bits per heavy atom. The molecule has 2 aromatic rings. The first kappa shape index (κ1) is 13.4. The molecular weight excluding hydrogens is 268 g/mol. The fraction of sp³-hybridized carbons (Fsp3) is 0.294. The Morgan fingerprint density at radius 2 is 1.90 bits per heavy atom. The van der Waals surface area contributed by atoms with Crippen LogP contribution in [0.5, 0.6) is 11.5 Å².